The molecule has 1 amide bonds. The maximum atomic E-state index is 12.4. The van der Waals surface area contributed by atoms with E-state index in [0.717, 1.165) is 19.5 Å². The fraction of sp³-hybridized carbons (Fsp3) is 0.933. The number of piperidine rings is 1. The highest BCUT2D eigenvalue weighted by Gasteiger charge is 2.38. The van der Waals surface area contributed by atoms with E-state index in [1.165, 1.54) is 44.8 Å². The van der Waals surface area contributed by atoms with Crippen LogP contribution in [-0.4, -0.2) is 50.4 Å². The molecule has 0 radical (unpaired) electrons. The minimum absolute atomic E-state index is 0. The summed E-state index contributed by atoms with van der Waals surface area (Å²) >= 11 is 0. The van der Waals surface area contributed by atoms with E-state index < -0.39 is 15.9 Å². The standard InChI is InChI=1S/C15H28N2O3S.ClH/c1-21(19,20)11-6-13(16)14(18)17-10-5-9-15(12-17)7-3-2-4-8-15;/h13H,2-12,16H2,1H3;1H. The molecule has 130 valence electrons. The zero-order valence-electron chi connectivity index (χ0n) is 13.4. The summed E-state index contributed by atoms with van der Waals surface area (Å²) in [6.45, 7) is 1.59. The molecule has 1 unspecified atom stereocenters. The van der Waals surface area contributed by atoms with Gasteiger partial charge in [0.2, 0.25) is 5.91 Å². The van der Waals surface area contributed by atoms with Gasteiger partial charge in [-0.15, -0.1) is 12.4 Å². The third-order valence-corrected chi connectivity index (χ3v) is 5.98. The molecule has 22 heavy (non-hydrogen) atoms. The minimum Gasteiger partial charge on any atom is -0.341 e. The highest BCUT2D eigenvalue weighted by atomic mass is 35.5. The molecule has 0 bridgehead atoms. The highest BCUT2D eigenvalue weighted by Crippen LogP contribution is 2.43. The first-order valence-electron chi connectivity index (χ1n) is 8.03. The molecular weight excluding hydrogens is 324 g/mol. The molecule has 0 aromatic heterocycles. The lowest BCUT2D eigenvalue weighted by atomic mass is 9.69. The van der Waals surface area contributed by atoms with Gasteiger partial charge < -0.3 is 10.6 Å². The van der Waals surface area contributed by atoms with Gasteiger partial charge in [-0.1, -0.05) is 19.3 Å². The molecular formula is C15H29ClN2O3S. The van der Waals surface area contributed by atoms with Gasteiger partial charge in [0.15, 0.2) is 0 Å². The molecule has 1 saturated carbocycles. The van der Waals surface area contributed by atoms with E-state index in [4.69, 9.17) is 5.73 Å². The van der Waals surface area contributed by atoms with Gasteiger partial charge in [-0.05, 0) is 37.5 Å². The molecule has 2 fully saturated rings. The number of hydrogen-bond acceptors (Lipinski definition) is 4. The van der Waals surface area contributed by atoms with Crippen molar-refractivity contribution in [3.8, 4) is 0 Å². The molecule has 7 heteroatoms. The number of hydrogen-bond donors (Lipinski definition) is 1. The van der Waals surface area contributed by atoms with Crippen LogP contribution in [0.2, 0.25) is 0 Å². The summed E-state index contributed by atoms with van der Waals surface area (Å²) in [6, 6.07) is -0.682. The van der Waals surface area contributed by atoms with E-state index in [-0.39, 0.29) is 30.5 Å². The average Bonchev–Trinajstić information content (AvgIpc) is 2.44. The largest absolute Gasteiger partial charge is 0.341 e. The van der Waals surface area contributed by atoms with Crippen LogP contribution in [0.5, 0.6) is 0 Å². The van der Waals surface area contributed by atoms with Gasteiger partial charge in [-0.25, -0.2) is 8.42 Å². The van der Waals surface area contributed by atoms with Crippen LogP contribution < -0.4 is 5.73 Å². The Hall–Kier alpha value is -0.330. The van der Waals surface area contributed by atoms with E-state index >= 15 is 0 Å². The zero-order valence-corrected chi connectivity index (χ0v) is 15.1. The summed E-state index contributed by atoms with van der Waals surface area (Å²) < 4.78 is 22.4. The Balaban J connectivity index is 0.00000242. The van der Waals surface area contributed by atoms with E-state index in [2.05, 4.69) is 0 Å². The number of likely N-dealkylation sites (tertiary alicyclic amines) is 1. The van der Waals surface area contributed by atoms with Crippen LogP contribution >= 0.6 is 12.4 Å². The predicted octanol–water partition coefficient (Wildman–Crippen LogP) is 1.74. The highest BCUT2D eigenvalue weighted by molar-refractivity contribution is 7.90. The lowest BCUT2D eigenvalue weighted by Crippen LogP contribution is -2.52. The Labute approximate surface area is 140 Å². The monoisotopic (exact) mass is 352 g/mol. The summed E-state index contributed by atoms with van der Waals surface area (Å²) in [7, 11) is -3.06. The van der Waals surface area contributed by atoms with E-state index in [9.17, 15) is 13.2 Å². The van der Waals surface area contributed by atoms with Crippen LogP contribution in [0.25, 0.3) is 0 Å². The number of sulfone groups is 1. The second kappa shape index (κ2) is 7.97. The molecule has 1 atom stereocenters. The first kappa shape index (κ1) is 19.7. The molecule has 2 rings (SSSR count). The fourth-order valence-electron chi connectivity index (χ4n) is 3.80. The number of amides is 1. The van der Waals surface area contributed by atoms with Crippen LogP contribution in [0.15, 0.2) is 0 Å². The molecule has 0 aromatic carbocycles. The molecule has 5 nitrogen and oxygen atoms in total. The first-order valence-corrected chi connectivity index (χ1v) is 10.1. The van der Waals surface area contributed by atoms with Crippen molar-refractivity contribution in [2.75, 3.05) is 25.1 Å². The van der Waals surface area contributed by atoms with Crippen LogP contribution in [-0.2, 0) is 14.6 Å². The van der Waals surface area contributed by atoms with E-state index in [1.54, 1.807) is 0 Å². The minimum atomic E-state index is -3.06. The summed E-state index contributed by atoms with van der Waals surface area (Å²) in [4.78, 5) is 14.3. The number of halogens is 1. The number of nitrogens with zero attached hydrogens (tertiary/aromatic N) is 1. The molecule has 1 aliphatic heterocycles. The summed E-state index contributed by atoms with van der Waals surface area (Å²) in [5, 5.41) is 0. The van der Waals surface area contributed by atoms with Gasteiger partial charge in [0.1, 0.15) is 9.84 Å². The Kier molecular flexibility index (Phi) is 7.15. The lowest BCUT2D eigenvalue weighted by molar-refractivity contribution is -0.136. The van der Waals surface area contributed by atoms with Crippen molar-refractivity contribution in [1.29, 1.82) is 0 Å². The number of rotatable bonds is 4. The predicted molar refractivity (Wildman–Crippen MR) is 90.9 cm³/mol. The van der Waals surface area contributed by atoms with Gasteiger partial charge in [-0.2, -0.15) is 0 Å². The Bertz CT molecular complexity index is 470. The number of carbonyl (C=O) groups excluding carboxylic acids is 1. The van der Waals surface area contributed by atoms with E-state index in [1.807, 2.05) is 4.90 Å². The third-order valence-electron chi connectivity index (χ3n) is 5.00. The quantitative estimate of drug-likeness (QED) is 0.835. The molecule has 1 spiro atoms. The van der Waals surface area contributed by atoms with Crippen molar-refractivity contribution in [1.82, 2.24) is 4.90 Å². The van der Waals surface area contributed by atoms with Gasteiger partial charge in [0.25, 0.3) is 0 Å². The first-order chi connectivity index (χ1) is 9.81. The second-order valence-electron chi connectivity index (χ2n) is 6.95. The summed E-state index contributed by atoms with van der Waals surface area (Å²) in [5.41, 5.74) is 6.23. The maximum Gasteiger partial charge on any atom is 0.239 e. The lowest BCUT2D eigenvalue weighted by Gasteiger charge is -2.45. The average molecular weight is 353 g/mol. The summed E-state index contributed by atoms with van der Waals surface area (Å²) in [5.74, 6) is -0.0814. The smallest absolute Gasteiger partial charge is 0.239 e. The molecule has 1 aliphatic carbocycles. The van der Waals surface area contributed by atoms with Crippen molar-refractivity contribution < 1.29 is 13.2 Å². The van der Waals surface area contributed by atoms with Gasteiger partial charge in [0, 0.05) is 19.3 Å². The van der Waals surface area contributed by atoms with Crippen molar-refractivity contribution in [3.63, 3.8) is 0 Å². The van der Waals surface area contributed by atoms with Gasteiger partial charge >= 0.3 is 0 Å². The molecule has 1 heterocycles. The van der Waals surface area contributed by atoms with Crippen molar-refractivity contribution in [2.24, 2.45) is 11.1 Å². The van der Waals surface area contributed by atoms with Crippen LogP contribution in [0, 0.1) is 5.41 Å². The van der Waals surface area contributed by atoms with Crippen LogP contribution in [0.1, 0.15) is 51.4 Å². The van der Waals surface area contributed by atoms with Crippen molar-refractivity contribution >= 4 is 28.2 Å². The number of nitrogens with two attached hydrogens (primary N) is 1. The van der Waals surface area contributed by atoms with E-state index in [0.29, 0.717) is 5.41 Å². The van der Waals surface area contributed by atoms with Crippen molar-refractivity contribution in [3.05, 3.63) is 0 Å². The Morgan fingerprint density at radius 2 is 1.77 bits per heavy atom. The fourth-order valence-corrected chi connectivity index (χ4v) is 4.49. The zero-order chi connectivity index (χ0) is 15.5. The SMILES string of the molecule is CS(=O)(=O)CCC(N)C(=O)N1CCCC2(CCCCC2)C1.Cl. The summed E-state index contributed by atoms with van der Waals surface area (Å²) in [6.07, 6.45) is 9.95. The third kappa shape index (κ3) is 5.39. The van der Waals surface area contributed by atoms with Crippen molar-refractivity contribution in [2.45, 2.75) is 57.4 Å². The molecule has 1 saturated heterocycles. The molecule has 2 aliphatic rings. The Morgan fingerprint density at radius 1 is 1.18 bits per heavy atom. The number of carbonyl (C=O) groups is 1. The molecule has 0 aromatic rings. The maximum absolute atomic E-state index is 12.4. The van der Waals surface area contributed by atoms with Gasteiger partial charge in [0.05, 0.1) is 11.8 Å². The normalized spacial score (nSPS) is 22.9. The molecule has 2 N–H and O–H groups in total. The topological polar surface area (TPSA) is 80.5 Å². The second-order valence-corrected chi connectivity index (χ2v) is 9.21. The van der Waals surface area contributed by atoms with Crippen LogP contribution in [0.4, 0.5) is 0 Å². The Morgan fingerprint density at radius 3 is 2.36 bits per heavy atom. The van der Waals surface area contributed by atoms with Crippen LogP contribution in [0.3, 0.4) is 0 Å². The van der Waals surface area contributed by atoms with Gasteiger partial charge in [-0.3, -0.25) is 4.79 Å².